The molecule has 0 unspecified atom stereocenters. The lowest BCUT2D eigenvalue weighted by Crippen LogP contribution is -2.05. The third-order valence-corrected chi connectivity index (χ3v) is 1.46. The average Bonchev–Trinajstić information content (AvgIpc) is 1.82. The van der Waals surface area contributed by atoms with Crippen LogP contribution >= 0.6 is 0 Å². The molecule has 0 amide bonds. The summed E-state index contributed by atoms with van der Waals surface area (Å²) in [5.74, 6) is -0.798. The molecule has 0 saturated carbocycles. The molecule has 0 aliphatic heterocycles. The number of benzene rings is 1. The van der Waals surface area contributed by atoms with Crippen molar-refractivity contribution in [2.24, 2.45) is 0 Å². The Balaban J connectivity index is 2.91. The van der Waals surface area contributed by atoms with Crippen molar-refractivity contribution in [1.82, 2.24) is 0 Å². The van der Waals surface area contributed by atoms with E-state index in [0.717, 1.165) is 12.3 Å². The van der Waals surface area contributed by atoms with Gasteiger partial charge >= 0.3 is 10.1 Å². The van der Waals surface area contributed by atoms with Gasteiger partial charge in [-0.1, -0.05) is 6.07 Å². The van der Waals surface area contributed by atoms with Gasteiger partial charge in [0.1, 0.15) is 5.82 Å². The number of hydrogen-bond acceptors (Lipinski definition) is 3. The second-order valence-electron chi connectivity index (χ2n) is 2.15. The summed E-state index contributed by atoms with van der Waals surface area (Å²) in [6, 6.07) is 5.89. The third kappa shape index (κ3) is 2.87. The lowest BCUT2D eigenvalue weighted by Gasteiger charge is -2.00. The second kappa shape index (κ2) is 3.10. The van der Waals surface area contributed by atoms with Crippen LogP contribution in [0.4, 0.5) is 4.39 Å². The molecule has 1 radical (unpaired) electrons. The summed E-state index contributed by atoms with van der Waals surface area (Å²) in [6.07, 6.45) is 0.881. The first-order valence-corrected chi connectivity index (χ1v) is 4.86. The summed E-state index contributed by atoms with van der Waals surface area (Å²) in [7, 11) is -3.59. The Morgan fingerprint density at radius 3 is 2.67 bits per heavy atom. The molecule has 1 rings (SSSR count). The van der Waals surface area contributed by atoms with Gasteiger partial charge in [-0.3, -0.25) is 0 Å². The summed E-state index contributed by atoms with van der Waals surface area (Å²) in [4.78, 5) is 0. The van der Waals surface area contributed by atoms with Crippen LogP contribution in [0.25, 0.3) is 0 Å². The van der Waals surface area contributed by atoms with E-state index in [2.05, 4.69) is 10.2 Å². The van der Waals surface area contributed by atoms with Gasteiger partial charge in [0, 0.05) is 0 Å². The van der Waals surface area contributed by atoms with Gasteiger partial charge in [0.2, 0.25) is 0 Å². The van der Waals surface area contributed by atoms with Gasteiger partial charge in [-0.15, -0.1) is 0 Å². The monoisotopic (exact) mass is 189 g/mol. The molecule has 0 aliphatic rings. The molecule has 0 saturated heterocycles. The van der Waals surface area contributed by atoms with Crippen molar-refractivity contribution >= 4 is 10.1 Å². The van der Waals surface area contributed by atoms with Crippen molar-refractivity contribution in [3.63, 3.8) is 0 Å². The summed E-state index contributed by atoms with van der Waals surface area (Å²) in [5, 5.41) is 0. The predicted octanol–water partition coefficient (Wildman–Crippen LogP) is 0.964. The van der Waals surface area contributed by atoms with Crippen molar-refractivity contribution in [2.75, 3.05) is 6.26 Å². The molecule has 0 heterocycles. The van der Waals surface area contributed by atoms with Gasteiger partial charge in [0.25, 0.3) is 0 Å². The average molecular weight is 189 g/mol. The highest BCUT2D eigenvalue weighted by Gasteiger charge is 2.04. The minimum atomic E-state index is -3.59. The zero-order valence-electron chi connectivity index (χ0n) is 6.24. The van der Waals surface area contributed by atoms with Crippen molar-refractivity contribution in [1.29, 1.82) is 0 Å². The first-order chi connectivity index (χ1) is 5.47. The molecule has 5 heteroatoms. The van der Waals surface area contributed by atoms with Gasteiger partial charge in [-0.2, -0.15) is 8.42 Å². The molecule has 0 N–H and O–H groups in total. The maximum absolute atomic E-state index is 12.4. The molecular formula is C7H6FO3S. The van der Waals surface area contributed by atoms with Crippen molar-refractivity contribution in [3.8, 4) is 5.75 Å². The summed E-state index contributed by atoms with van der Waals surface area (Å²) < 4.78 is 37.9. The zero-order chi connectivity index (χ0) is 9.19. The standard InChI is InChI=1S/C7H6FO3S/c1-12(9,10)11-7-4-2-3-6(8)5-7/h2-4H,1H3. The molecule has 0 aliphatic carbocycles. The van der Waals surface area contributed by atoms with Crippen LogP contribution in [-0.4, -0.2) is 14.7 Å². The van der Waals surface area contributed by atoms with Crippen molar-refractivity contribution in [3.05, 3.63) is 30.1 Å². The lowest BCUT2D eigenvalue weighted by atomic mass is 10.3. The lowest BCUT2D eigenvalue weighted by molar-refractivity contribution is 0.489. The topological polar surface area (TPSA) is 43.4 Å². The van der Waals surface area contributed by atoms with Gasteiger partial charge in [0.15, 0.2) is 5.75 Å². The van der Waals surface area contributed by atoms with E-state index in [0.29, 0.717) is 0 Å². The normalized spacial score (nSPS) is 11.2. The molecule has 0 aromatic heterocycles. The molecule has 0 spiro atoms. The fraction of sp³-hybridized carbons (Fsp3) is 0.143. The smallest absolute Gasteiger partial charge is 0.306 e. The molecule has 1 aromatic carbocycles. The molecule has 0 atom stereocenters. The maximum atomic E-state index is 12.4. The Morgan fingerprint density at radius 1 is 1.50 bits per heavy atom. The van der Waals surface area contributed by atoms with E-state index in [4.69, 9.17) is 0 Å². The third-order valence-electron chi connectivity index (χ3n) is 0.974. The van der Waals surface area contributed by atoms with Crippen LogP contribution in [-0.2, 0) is 10.1 Å². The molecule has 0 fully saturated rings. The van der Waals surface area contributed by atoms with Gasteiger partial charge in [-0.05, 0) is 12.1 Å². The van der Waals surface area contributed by atoms with E-state index < -0.39 is 15.9 Å². The van der Waals surface area contributed by atoms with Crippen molar-refractivity contribution in [2.45, 2.75) is 0 Å². The van der Waals surface area contributed by atoms with E-state index in [-0.39, 0.29) is 5.75 Å². The predicted molar refractivity (Wildman–Crippen MR) is 40.7 cm³/mol. The largest absolute Gasteiger partial charge is 0.382 e. The maximum Gasteiger partial charge on any atom is 0.306 e. The van der Waals surface area contributed by atoms with Crippen LogP contribution in [0.2, 0.25) is 0 Å². The Bertz CT molecular complexity index is 372. The number of hydrogen-bond donors (Lipinski definition) is 0. The Kier molecular flexibility index (Phi) is 2.32. The number of rotatable bonds is 2. The molecular weight excluding hydrogens is 183 g/mol. The van der Waals surface area contributed by atoms with Crippen molar-refractivity contribution < 1.29 is 17.0 Å². The van der Waals surface area contributed by atoms with E-state index >= 15 is 0 Å². The SMILES string of the molecule is CS(=O)(=O)Oc1[c]c(F)ccc1. The van der Waals surface area contributed by atoms with Crippen LogP contribution in [0.1, 0.15) is 0 Å². The van der Waals surface area contributed by atoms with Gasteiger partial charge in [0.05, 0.1) is 12.3 Å². The minimum absolute atomic E-state index is 0.141. The van der Waals surface area contributed by atoms with E-state index in [9.17, 15) is 12.8 Å². The molecule has 1 aromatic rings. The highest BCUT2D eigenvalue weighted by molar-refractivity contribution is 7.86. The first-order valence-electron chi connectivity index (χ1n) is 3.05. The highest BCUT2D eigenvalue weighted by atomic mass is 32.2. The summed E-state index contributed by atoms with van der Waals surface area (Å²) >= 11 is 0. The molecule has 12 heavy (non-hydrogen) atoms. The molecule has 3 nitrogen and oxygen atoms in total. The zero-order valence-corrected chi connectivity index (χ0v) is 7.06. The minimum Gasteiger partial charge on any atom is -0.382 e. The summed E-state index contributed by atoms with van der Waals surface area (Å²) in [6.45, 7) is 0. The van der Waals surface area contributed by atoms with E-state index in [1.807, 2.05) is 0 Å². The van der Waals surface area contributed by atoms with Crippen LogP contribution in [0.15, 0.2) is 18.2 Å². The number of halogens is 1. The first kappa shape index (κ1) is 8.99. The Hall–Kier alpha value is -1.10. The van der Waals surface area contributed by atoms with Gasteiger partial charge < -0.3 is 4.18 Å². The van der Waals surface area contributed by atoms with Crippen LogP contribution in [0, 0.1) is 11.9 Å². The van der Waals surface area contributed by atoms with Gasteiger partial charge in [-0.25, -0.2) is 4.39 Å². The molecule has 65 valence electrons. The van der Waals surface area contributed by atoms with E-state index in [1.54, 1.807) is 0 Å². The van der Waals surface area contributed by atoms with E-state index in [1.165, 1.54) is 12.1 Å². The highest BCUT2D eigenvalue weighted by Crippen LogP contribution is 2.12. The second-order valence-corrected chi connectivity index (χ2v) is 3.73. The van der Waals surface area contributed by atoms with Crippen LogP contribution < -0.4 is 4.18 Å². The fourth-order valence-electron chi connectivity index (χ4n) is 0.633. The summed E-state index contributed by atoms with van der Waals surface area (Å²) in [5.41, 5.74) is 0. The Labute approximate surface area is 69.9 Å². The fourth-order valence-corrected chi connectivity index (χ4v) is 1.06. The Morgan fingerprint density at radius 2 is 2.17 bits per heavy atom. The molecule has 0 bridgehead atoms. The van der Waals surface area contributed by atoms with Crippen LogP contribution in [0.3, 0.4) is 0 Å². The quantitative estimate of drug-likeness (QED) is 0.651. The van der Waals surface area contributed by atoms with Crippen LogP contribution in [0.5, 0.6) is 5.75 Å².